The average molecular weight is 287 g/mol. The Bertz CT molecular complexity index is 566. The highest BCUT2D eigenvalue weighted by Gasteiger charge is 2.10. The predicted molar refractivity (Wildman–Crippen MR) is 80.3 cm³/mol. The molecule has 5 nitrogen and oxygen atoms in total. The lowest BCUT2D eigenvalue weighted by atomic mass is 10.0. The van der Waals surface area contributed by atoms with Gasteiger partial charge in [-0.15, -0.1) is 0 Å². The minimum Gasteiger partial charge on any atom is -0.444 e. The number of hydrogen-bond donors (Lipinski definition) is 2. The number of aryl methyl sites for hydroxylation is 1. The summed E-state index contributed by atoms with van der Waals surface area (Å²) in [5.74, 6) is 1.32. The van der Waals surface area contributed by atoms with Crippen molar-refractivity contribution >= 4 is 5.91 Å². The van der Waals surface area contributed by atoms with Crippen LogP contribution in [0.3, 0.4) is 0 Å². The van der Waals surface area contributed by atoms with Crippen LogP contribution in [0, 0.1) is 0 Å². The summed E-state index contributed by atoms with van der Waals surface area (Å²) in [5, 5.41) is 2.79. The number of amides is 1. The molecule has 0 fully saturated rings. The molecular formula is C16H21N3O2. The van der Waals surface area contributed by atoms with Crippen LogP contribution in [-0.4, -0.2) is 10.9 Å². The van der Waals surface area contributed by atoms with Gasteiger partial charge in [-0.1, -0.05) is 37.3 Å². The van der Waals surface area contributed by atoms with Crippen LogP contribution in [0.2, 0.25) is 0 Å². The fraction of sp³-hybridized carbons (Fsp3) is 0.375. The Morgan fingerprint density at radius 1 is 1.38 bits per heavy atom. The van der Waals surface area contributed by atoms with Gasteiger partial charge in [0.25, 0.3) is 0 Å². The second kappa shape index (κ2) is 7.59. The number of nitrogens with zero attached hydrogens (tertiary/aromatic N) is 1. The lowest BCUT2D eigenvalue weighted by Crippen LogP contribution is -2.24. The van der Waals surface area contributed by atoms with E-state index in [-0.39, 0.29) is 11.9 Å². The molecule has 1 atom stereocenters. The quantitative estimate of drug-likeness (QED) is 0.819. The Morgan fingerprint density at radius 3 is 2.81 bits per heavy atom. The number of aromatic nitrogens is 1. The van der Waals surface area contributed by atoms with E-state index >= 15 is 0 Å². The van der Waals surface area contributed by atoms with Crippen LogP contribution in [0.1, 0.15) is 43.0 Å². The van der Waals surface area contributed by atoms with Gasteiger partial charge in [0.2, 0.25) is 11.8 Å². The first kappa shape index (κ1) is 15.3. The van der Waals surface area contributed by atoms with E-state index in [1.54, 1.807) is 6.20 Å². The van der Waals surface area contributed by atoms with Crippen molar-refractivity contribution in [1.82, 2.24) is 10.3 Å². The van der Waals surface area contributed by atoms with Gasteiger partial charge >= 0.3 is 0 Å². The SMILES string of the molecule is CCc1cnc(CNC(=O)CCC(N)c2ccccc2)o1. The monoisotopic (exact) mass is 287 g/mol. The first-order valence-corrected chi connectivity index (χ1v) is 7.20. The topological polar surface area (TPSA) is 81.2 Å². The van der Waals surface area contributed by atoms with Gasteiger partial charge in [-0.2, -0.15) is 0 Å². The van der Waals surface area contributed by atoms with Crippen molar-refractivity contribution in [3.63, 3.8) is 0 Å². The standard InChI is InChI=1S/C16H21N3O2/c1-2-13-10-19-16(21-13)11-18-15(20)9-8-14(17)12-6-4-3-5-7-12/h3-7,10,14H,2,8-9,11,17H2,1H3,(H,18,20). The van der Waals surface area contributed by atoms with Gasteiger partial charge in [-0.3, -0.25) is 4.79 Å². The molecule has 1 aromatic carbocycles. The third kappa shape index (κ3) is 4.72. The van der Waals surface area contributed by atoms with Crippen LogP contribution >= 0.6 is 0 Å². The Hall–Kier alpha value is -2.14. The van der Waals surface area contributed by atoms with E-state index < -0.39 is 0 Å². The summed E-state index contributed by atoms with van der Waals surface area (Å²) in [6.45, 7) is 2.31. The smallest absolute Gasteiger partial charge is 0.220 e. The zero-order valence-corrected chi connectivity index (χ0v) is 12.2. The second-order valence-corrected chi connectivity index (χ2v) is 4.91. The summed E-state index contributed by atoms with van der Waals surface area (Å²) in [6.07, 6.45) is 3.48. The van der Waals surface area contributed by atoms with E-state index in [2.05, 4.69) is 10.3 Å². The number of oxazole rings is 1. The van der Waals surface area contributed by atoms with Crippen molar-refractivity contribution in [2.75, 3.05) is 0 Å². The van der Waals surface area contributed by atoms with Crippen LogP contribution in [0.15, 0.2) is 40.9 Å². The highest BCUT2D eigenvalue weighted by molar-refractivity contribution is 5.75. The van der Waals surface area contributed by atoms with Gasteiger partial charge in [0.1, 0.15) is 5.76 Å². The molecule has 1 aromatic heterocycles. The number of nitrogens with one attached hydrogen (secondary N) is 1. The average Bonchev–Trinajstić information content (AvgIpc) is 2.99. The zero-order valence-electron chi connectivity index (χ0n) is 12.2. The molecule has 0 aliphatic rings. The Kier molecular flexibility index (Phi) is 5.51. The number of rotatable bonds is 7. The van der Waals surface area contributed by atoms with Crippen molar-refractivity contribution in [1.29, 1.82) is 0 Å². The molecule has 5 heteroatoms. The molecule has 0 aliphatic heterocycles. The minimum absolute atomic E-state index is 0.0439. The van der Waals surface area contributed by atoms with E-state index in [9.17, 15) is 4.79 Å². The maximum atomic E-state index is 11.8. The molecule has 3 N–H and O–H groups in total. The molecule has 112 valence electrons. The highest BCUT2D eigenvalue weighted by atomic mass is 16.4. The largest absolute Gasteiger partial charge is 0.444 e. The number of hydrogen-bond acceptors (Lipinski definition) is 4. The summed E-state index contributed by atoms with van der Waals surface area (Å²) in [6, 6.07) is 9.67. The maximum Gasteiger partial charge on any atom is 0.220 e. The molecule has 2 rings (SSSR count). The summed E-state index contributed by atoms with van der Waals surface area (Å²) >= 11 is 0. The zero-order chi connectivity index (χ0) is 15.1. The number of benzene rings is 1. The van der Waals surface area contributed by atoms with Crippen molar-refractivity contribution < 1.29 is 9.21 Å². The molecule has 0 radical (unpaired) electrons. The number of carbonyl (C=O) groups excluding carboxylic acids is 1. The van der Waals surface area contributed by atoms with Gasteiger partial charge in [0.15, 0.2) is 0 Å². The summed E-state index contributed by atoms with van der Waals surface area (Å²) in [7, 11) is 0. The van der Waals surface area contributed by atoms with Gasteiger partial charge in [0, 0.05) is 18.9 Å². The van der Waals surface area contributed by atoms with Gasteiger partial charge < -0.3 is 15.5 Å². The van der Waals surface area contributed by atoms with E-state index in [0.29, 0.717) is 25.3 Å². The van der Waals surface area contributed by atoms with Crippen molar-refractivity contribution in [2.45, 2.75) is 38.8 Å². The normalized spacial score (nSPS) is 12.1. The molecule has 0 aliphatic carbocycles. The number of nitrogens with two attached hydrogens (primary N) is 1. The van der Waals surface area contributed by atoms with Gasteiger partial charge in [0.05, 0.1) is 12.7 Å². The molecular weight excluding hydrogens is 266 g/mol. The molecule has 1 heterocycles. The third-order valence-corrected chi connectivity index (χ3v) is 3.30. The minimum atomic E-state index is -0.120. The fourth-order valence-electron chi connectivity index (χ4n) is 2.01. The van der Waals surface area contributed by atoms with Crippen LogP contribution in [0.5, 0.6) is 0 Å². The van der Waals surface area contributed by atoms with E-state index in [0.717, 1.165) is 17.7 Å². The van der Waals surface area contributed by atoms with Crippen molar-refractivity contribution in [3.05, 3.63) is 53.7 Å². The molecule has 0 bridgehead atoms. The molecule has 0 saturated heterocycles. The first-order chi connectivity index (χ1) is 10.2. The fourth-order valence-corrected chi connectivity index (χ4v) is 2.01. The second-order valence-electron chi connectivity index (χ2n) is 4.91. The summed E-state index contributed by atoms with van der Waals surface area (Å²) in [4.78, 5) is 15.9. The molecule has 21 heavy (non-hydrogen) atoms. The molecule has 2 aromatic rings. The molecule has 0 spiro atoms. The lowest BCUT2D eigenvalue weighted by molar-refractivity contribution is -0.121. The Balaban J connectivity index is 1.72. The van der Waals surface area contributed by atoms with Crippen LogP contribution in [0.25, 0.3) is 0 Å². The van der Waals surface area contributed by atoms with Crippen LogP contribution in [-0.2, 0) is 17.8 Å². The lowest BCUT2D eigenvalue weighted by Gasteiger charge is -2.11. The van der Waals surface area contributed by atoms with Crippen molar-refractivity contribution in [3.8, 4) is 0 Å². The van der Waals surface area contributed by atoms with Crippen LogP contribution in [0.4, 0.5) is 0 Å². The van der Waals surface area contributed by atoms with E-state index in [1.165, 1.54) is 0 Å². The van der Waals surface area contributed by atoms with Gasteiger partial charge in [-0.05, 0) is 12.0 Å². The van der Waals surface area contributed by atoms with E-state index in [4.69, 9.17) is 10.2 Å². The molecule has 1 unspecified atom stereocenters. The molecule has 0 saturated carbocycles. The third-order valence-electron chi connectivity index (χ3n) is 3.30. The van der Waals surface area contributed by atoms with Crippen LogP contribution < -0.4 is 11.1 Å². The van der Waals surface area contributed by atoms with Gasteiger partial charge in [-0.25, -0.2) is 4.98 Å². The highest BCUT2D eigenvalue weighted by Crippen LogP contribution is 2.14. The molecule has 1 amide bonds. The predicted octanol–water partition coefficient (Wildman–Crippen LogP) is 2.33. The first-order valence-electron chi connectivity index (χ1n) is 7.20. The summed E-state index contributed by atoms with van der Waals surface area (Å²) < 4.78 is 5.43. The van der Waals surface area contributed by atoms with E-state index in [1.807, 2.05) is 37.3 Å². The van der Waals surface area contributed by atoms with Crippen molar-refractivity contribution in [2.24, 2.45) is 5.73 Å². The Morgan fingerprint density at radius 2 is 2.14 bits per heavy atom. The maximum absolute atomic E-state index is 11.8. The number of carbonyl (C=O) groups is 1. The Labute approximate surface area is 124 Å². The summed E-state index contributed by atoms with van der Waals surface area (Å²) in [5.41, 5.74) is 7.11.